The first-order valence-electron chi connectivity index (χ1n) is 8.99. The van der Waals surface area contributed by atoms with Crippen LogP contribution in [-0.4, -0.2) is 36.9 Å². The average molecular weight is 387 g/mol. The highest BCUT2D eigenvalue weighted by Crippen LogP contribution is 2.27. The summed E-state index contributed by atoms with van der Waals surface area (Å²) in [5.41, 5.74) is 2.15. The van der Waals surface area contributed by atoms with Crippen molar-refractivity contribution >= 4 is 29.1 Å². The smallest absolute Gasteiger partial charge is 0.257 e. The van der Waals surface area contributed by atoms with Gasteiger partial charge in [-0.25, -0.2) is 0 Å². The Labute approximate surface area is 164 Å². The van der Waals surface area contributed by atoms with Gasteiger partial charge in [0.1, 0.15) is 5.75 Å². The van der Waals surface area contributed by atoms with E-state index in [9.17, 15) is 9.59 Å². The molecule has 1 fully saturated rings. The molecule has 0 atom stereocenters. The summed E-state index contributed by atoms with van der Waals surface area (Å²) >= 11 is 6.11. The molecule has 0 aliphatic carbocycles. The largest absolute Gasteiger partial charge is 0.496 e. The second-order valence-electron chi connectivity index (χ2n) is 6.67. The van der Waals surface area contributed by atoms with Crippen LogP contribution < -0.4 is 10.1 Å². The molecule has 0 aromatic heterocycles. The van der Waals surface area contributed by atoms with Crippen LogP contribution in [0.2, 0.25) is 5.02 Å². The van der Waals surface area contributed by atoms with Crippen molar-refractivity contribution in [1.29, 1.82) is 0 Å². The third-order valence-electron chi connectivity index (χ3n) is 5.02. The normalized spacial score (nSPS) is 14.7. The van der Waals surface area contributed by atoms with E-state index in [1.54, 1.807) is 30.2 Å². The summed E-state index contributed by atoms with van der Waals surface area (Å²) in [6, 6.07) is 12.7. The molecule has 2 aromatic rings. The molecule has 5 nitrogen and oxygen atoms in total. The Hall–Kier alpha value is -2.53. The number of hydrogen-bond donors (Lipinski definition) is 1. The number of amides is 2. The first-order valence-corrected chi connectivity index (χ1v) is 9.37. The highest BCUT2D eigenvalue weighted by atomic mass is 35.5. The highest BCUT2D eigenvalue weighted by Gasteiger charge is 2.29. The number of halogens is 1. The van der Waals surface area contributed by atoms with Gasteiger partial charge in [0.25, 0.3) is 5.91 Å². The van der Waals surface area contributed by atoms with Crippen molar-refractivity contribution in [3.05, 3.63) is 58.6 Å². The Bertz CT molecular complexity index is 845. The van der Waals surface area contributed by atoms with E-state index in [-0.39, 0.29) is 17.7 Å². The van der Waals surface area contributed by atoms with Crippen LogP contribution in [0.5, 0.6) is 5.75 Å². The standard InChI is InChI=1S/C21H23ClN2O3/c1-14-17(22)7-5-8-18(14)23-20(25)15-10-12-24(13-11-15)21(26)16-6-3-4-9-19(16)27-2/h3-9,15H,10-13H2,1-2H3,(H,23,25). The molecule has 1 heterocycles. The molecule has 1 saturated heterocycles. The summed E-state index contributed by atoms with van der Waals surface area (Å²) in [7, 11) is 1.56. The van der Waals surface area contributed by atoms with Crippen molar-refractivity contribution in [3.8, 4) is 5.75 Å². The van der Waals surface area contributed by atoms with Gasteiger partial charge in [-0.1, -0.05) is 29.8 Å². The maximum absolute atomic E-state index is 12.8. The summed E-state index contributed by atoms with van der Waals surface area (Å²) in [6.07, 6.45) is 1.26. The Kier molecular flexibility index (Phi) is 6.01. The van der Waals surface area contributed by atoms with Crippen molar-refractivity contribution < 1.29 is 14.3 Å². The molecule has 0 unspecified atom stereocenters. The highest BCUT2D eigenvalue weighted by molar-refractivity contribution is 6.31. The molecule has 27 heavy (non-hydrogen) atoms. The van der Waals surface area contributed by atoms with Crippen LogP contribution in [0.1, 0.15) is 28.8 Å². The lowest BCUT2D eigenvalue weighted by Gasteiger charge is -2.31. The van der Waals surface area contributed by atoms with Crippen LogP contribution in [0.25, 0.3) is 0 Å². The van der Waals surface area contributed by atoms with Gasteiger partial charge in [0.2, 0.25) is 5.91 Å². The maximum atomic E-state index is 12.8. The van der Waals surface area contributed by atoms with Gasteiger partial charge in [0.05, 0.1) is 12.7 Å². The number of likely N-dealkylation sites (tertiary alicyclic amines) is 1. The molecular weight excluding hydrogens is 364 g/mol. The van der Waals surface area contributed by atoms with Gasteiger partial charge in [0.15, 0.2) is 0 Å². The van der Waals surface area contributed by atoms with Gasteiger partial charge in [-0.05, 0) is 49.6 Å². The van der Waals surface area contributed by atoms with Crippen LogP contribution in [0.3, 0.4) is 0 Å². The number of piperidine rings is 1. The molecule has 2 aromatic carbocycles. The summed E-state index contributed by atoms with van der Waals surface area (Å²) in [5.74, 6) is 0.366. The number of rotatable bonds is 4. The van der Waals surface area contributed by atoms with Gasteiger partial charge in [-0.2, -0.15) is 0 Å². The Morgan fingerprint density at radius 1 is 1.11 bits per heavy atom. The molecule has 3 rings (SSSR count). The Morgan fingerprint density at radius 3 is 2.52 bits per heavy atom. The zero-order valence-corrected chi connectivity index (χ0v) is 16.3. The van der Waals surface area contributed by atoms with E-state index in [4.69, 9.17) is 16.3 Å². The fourth-order valence-electron chi connectivity index (χ4n) is 3.31. The number of nitrogens with zero attached hydrogens (tertiary/aromatic N) is 1. The molecule has 1 N–H and O–H groups in total. The second-order valence-corrected chi connectivity index (χ2v) is 7.08. The van der Waals surface area contributed by atoms with Crippen LogP contribution in [0.4, 0.5) is 5.69 Å². The molecular formula is C21H23ClN2O3. The van der Waals surface area contributed by atoms with E-state index in [0.29, 0.717) is 42.3 Å². The first kappa shape index (κ1) is 19.2. The van der Waals surface area contributed by atoms with E-state index in [1.807, 2.05) is 31.2 Å². The lowest BCUT2D eigenvalue weighted by Crippen LogP contribution is -2.41. The molecule has 1 aliphatic heterocycles. The molecule has 2 amide bonds. The number of carbonyl (C=O) groups excluding carboxylic acids is 2. The minimum atomic E-state index is -0.120. The maximum Gasteiger partial charge on any atom is 0.257 e. The quantitative estimate of drug-likeness (QED) is 0.858. The number of hydrogen-bond acceptors (Lipinski definition) is 3. The van der Waals surface area contributed by atoms with Gasteiger partial charge < -0.3 is 15.0 Å². The van der Waals surface area contributed by atoms with Crippen molar-refractivity contribution in [1.82, 2.24) is 4.90 Å². The zero-order chi connectivity index (χ0) is 19.4. The fourth-order valence-corrected chi connectivity index (χ4v) is 3.49. The van der Waals surface area contributed by atoms with E-state index in [2.05, 4.69) is 5.32 Å². The van der Waals surface area contributed by atoms with Crippen molar-refractivity contribution in [3.63, 3.8) is 0 Å². The van der Waals surface area contributed by atoms with E-state index in [1.165, 1.54) is 0 Å². The summed E-state index contributed by atoms with van der Waals surface area (Å²) in [6.45, 7) is 2.97. The second kappa shape index (κ2) is 8.44. The van der Waals surface area contributed by atoms with Crippen LogP contribution in [-0.2, 0) is 4.79 Å². The molecule has 0 spiro atoms. The third kappa shape index (κ3) is 4.25. The topological polar surface area (TPSA) is 58.6 Å². The molecule has 6 heteroatoms. The monoisotopic (exact) mass is 386 g/mol. The predicted octanol–water partition coefficient (Wildman–Crippen LogP) is 4.15. The molecule has 142 valence electrons. The predicted molar refractivity (Wildman–Crippen MR) is 106 cm³/mol. The van der Waals surface area contributed by atoms with Gasteiger partial charge in [0, 0.05) is 29.7 Å². The van der Waals surface area contributed by atoms with E-state index < -0.39 is 0 Å². The number of methoxy groups -OCH3 is 1. The van der Waals surface area contributed by atoms with Gasteiger partial charge in [-0.15, -0.1) is 0 Å². The summed E-state index contributed by atoms with van der Waals surface area (Å²) < 4.78 is 5.28. The Morgan fingerprint density at radius 2 is 1.81 bits per heavy atom. The minimum absolute atomic E-state index is 0.0234. The number of benzene rings is 2. The molecule has 0 saturated carbocycles. The zero-order valence-electron chi connectivity index (χ0n) is 15.5. The summed E-state index contributed by atoms with van der Waals surface area (Å²) in [4.78, 5) is 27.1. The van der Waals surface area contributed by atoms with Crippen LogP contribution in [0, 0.1) is 12.8 Å². The molecule has 0 bridgehead atoms. The fraction of sp³-hybridized carbons (Fsp3) is 0.333. The van der Waals surface area contributed by atoms with E-state index >= 15 is 0 Å². The average Bonchev–Trinajstić information content (AvgIpc) is 2.71. The van der Waals surface area contributed by atoms with Crippen molar-refractivity contribution in [2.75, 3.05) is 25.5 Å². The lowest BCUT2D eigenvalue weighted by atomic mass is 9.95. The number of ether oxygens (including phenoxy) is 1. The number of carbonyl (C=O) groups is 2. The Balaban J connectivity index is 1.60. The van der Waals surface area contributed by atoms with Crippen LogP contribution in [0.15, 0.2) is 42.5 Å². The van der Waals surface area contributed by atoms with Crippen LogP contribution >= 0.6 is 11.6 Å². The number of nitrogens with one attached hydrogen (secondary N) is 1. The number of para-hydroxylation sites is 1. The van der Waals surface area contributed by atoms with Crippen molar-refractivity contribution in [2.45, 2.75) is 19.8 Å². The third-order valence-corrected chi connectivity index (χ3v) is 5.43. The van der Waals surface area contributed by atoms with Gasteiger partial charge >= 0.3 is 0 Å². The lowest BCUT2D eigenvalue weighted by molar-refractivity contribution is -0.121. The molecule has 0 radical (unpaired) electrons. The van der Waals surface area contributed by atoms with Gasteiger partial charge in [-0.3, -0.25) is 9.59 Å². The van der Waals surface area contributed by atoms with Crippen molar-refractivity contribution in [2.24, 2.45) is 5.92 Å². The first-order chi connectivity index (χ1) is 13.0. The number of anilines is 1. The SMILES string of the molecule is COc1ccccc1C(=O)N1CCC(C(=O)Nc2cccc(Cl)c2C)CC1. The molecule has 1 aliphatic rings. The summed E-state index contributed by atoms with van der Waals surface area (Å²) in [5, 5.41) is 3.60. The minimum Gasteiger partial charge on any atom is -0.496 e. The van der Waals surface area contributed by atoms with E-state index in [0.717, 1.165) is 11.3 Å².